The Balaban J connectivity index is 2.71. The van der Waals surface area contributed by atoms with Crippen molar-refractivity contribution in [1.82, 2.24) is 0 Å². The van der Waals surface area contributed by atoms with Crippen molar-refractivity contribution in [2.75, 3.05) is 5.32 Å². The Morgan fingerprint density at radius 2 is 1.42 bits per heavy atom. The number of hydrogen-bond acceptors (Lipinski definition) is 2. The zero-order valence-corrected chi connectivity index (χ0v) is 15.4. The van der Waals surface area contributed by atoms with Crippen molar-refractivity contribution in [2.45, 2.75) is 52.4 Å². The molecule has 128 valence electrons. The van der Waals surface area contributed by atoms with E-state index in [9.17, 15) is 9.90 Å². The molecule has 2 rings (SSSR count). The first-order valence-corrected chi connectivity index (χ1v) is 8.22. The Labute approximate surface area is 144 Å². The largest absolute Gasteiger partial charge is 0.507 e. The van der Waals surface area contributed by atoms with Gasteiger partial charge in [0, 0.05) is 16.8 Å². The van der Waals surface area contributed by atoms with E-state index in [-0.39, 0.29) is 10.8 Å². The number of rotatable bonds is 3. The van der Waals surface area contributed by atoms with Gasteiger partial charge in [-0.1, -0.05) is 53.7 Å². The Kier molecular flexibility index (Phi) is 4.75. The van der Waals surface area contributed by atoms with Crippen LogP contribution in [-0.4, -0.2) is 11.5 Å². The molecule has 0 saturated carbocycles. The molecule has 3 nitrogen and oxygen atoms in total. The molecule has 0 aliphatic rings. The Bertz CT molecular complexity index is 714. The first-order valence-electron chi connectivity index (χ1n) is 8.22. The van der Waals surface area contributed by atoms with E-state index in [1.165, 1.54) is 0 Å². The van der Waals surface area contributed by atoms with Gasteiger partial charge >= 0.3 is 0 Å². The summed E-state index contributed by atoms with van der Waals surface area (Å²) in [5.74, 6) is 0.376. The van der Waals surface area contributed by atoms with Crippen molar-refractivity contribution in [2.24, 2.45) is 0 Å². The fourth-order valence-electron chi connectivity index (χ4n) is 2.80. The number of phenols is 1. The first-order chi connectivity index (χ1) is 11.0. The number of benzene rings is 2. The van der Waals surface area contributed by atoms with Crippen LogP contribution in [0.25, 0.3) is 11.1 Å². The van der Waals surface area contributed by atoms with Crippen LogP contribution in [0.5, 0.6) is 5.75 Å². The predicted octanol–water partition coefficient (Wildman–Crippen LogP) is 5.22. The summed E-state index contributed by atoms with van der Waals surface area (Å²) in [6, 6.07) is 11.8. The van der Waals surface area contributed by atoms with Crippen LogP contribution in [-0.2, 0) is 15.6 Å². The lowest BCUT2D eigenvalue weighted by Crippen LogP contribution is -2.17. The quantitative estimate of drug-likeness (QED) is 0.760. The molecule has 0 aliphatic carbocycles. The molecule has 0 aliphatic heterocycles. The van der Waals surface area contributed by atoms with Crippen molar-refractivity contribution >= 4 is 12.1 Å². The van der Waals surface area contributed by atoms with Crippen LogP contribution in [0.3, 0.4) is 0 Å². The third-order valence-corrected chi connectivity index (χ3v) is 4.15. The van der Waals surface area contributed by atoms with E-state index in [4.69, 9.17) is 0 Å². The molecule has 0 atom stereocenters. The lowest BCUT2D eigenvalue weighted by molar-refractivity contribution is -0.105. The zero-order chi connectivity index (χ0) is 18.1. The molecule has 0 radical (unpaired) electrons. The molecule has 0 bridgehead atoms. The zero-order valence-electron chi connectivity index (χ0n) is 15.4. The summed E-state index contributed by atoms with van der Waals surface area (Å²) in [6.07, 6.45) is 0.678. The second kappa shape index (κ2) is 6.31. The normalized spacial score (nSPS) is 12.1. The lowest BCUT2D eigenvalue weighted by atomic mass is 9.78. The van der Waals surface area contributed by atoms with E-state index < -0.39 is 0 Å². The van der Waals surface area contributed by atoms with E-state index in [1.807, 2.05) is 36.4 Å². The number of carbonyl (C=O) groups excluding carboxylic acids is 1. The van der Waals surface area contributed by atoms with Crippen LogP contribution in [0.1, 0.15) is 52.7 Å². The lowest BCUT2D eigenvalue weighted by Gasteiger charge is -2.28. The first kappa shape index (κ1) is 18.1. The molecule has 0 spiro atoms. The highest BCUT2D eigenvalue weighted by molar-refractivity contribution is 5.77. The van der Waals surface area contributed by atoms with Gasteiger partial charge in [-0.05, 0) is 46.2 Å². The average molecular weight is 325 g/mol. The molecule has 2 aromatic carbocycles. The minimum atomic E-state index is -0.168. The van der Waals surface area contributed by atoms with Crippen LogP contribution in [0.15, 0.2) is 36.4 Å². The molecule has 0 unspecified atom stereocenters. The fourth-order valence-corrected chi connectivity index (χ4v) is 2.80. The van der Waals surface area contributed by atoms with E-state index >= 15 is 0 Å². The minimum absolute atomic E-state index is 0.168. The summed E-state index contributed by atoms with van der Waals surface area (Å²) in [6.45, 7) is 12.6. The molecule has 24 heavy (non-hydrogen) atoms. The van der Waals surface area contributed by atoms with Gasteiger partial charge in [0.05, 0.1) is 0 Å². The number of carbonyl (C=O) groups is 1. The van der Waals surface area contributed by atoms with Crippen molar-refractivity contribution in [3.63, 3.8) is 0 Å². The minimum Gasteiger partial charge on any atom is -0.507 e. The van der Waals surface area contributed by atoms with Gasteiger partial charge in [-0.2, -0.15) is 0 Å². The van der Waals surface area contributed by atoms with Gasteiger partial charge < -0.3 is 10.4 Å². The third kappa shape index (κ3) is 3.78. The number of hydrogen-bond donors (Lipinski definition) is 2. The van der Waals surface area contributed by atoms with Crippen LogP contribution >= 0.6 is 0 Å². The van der Waals surface area contributed by atoms with Crippen molar-refractivity contribution < 1.29 is 9.90 Å². The second-order valence-corrected chi connectivity index (χ2v) is 8.26. The van der Waals surface area contributed by atoms with Gasteiger partial charge in [0.15, 0.2) is 0 Å². The summed E-state index contributed by atoms with van der Waals surface area (Å²) < 4.78 is 0. The summed E-state index contributed by atoms with van der Waals surface area (Å²) in [5.41, 5.74) is 4.33. The van der Waals surface area contributed by atoms with Crippen molar-refractivity contribution in [3.05, 3.63) is 47.5 Å². The van der Waals surface area contributed by atoms with Gasteiger partial charge in [0.2, 0.25) is 6.41 Å². The van der Waals surface area contributed by atoms with Gasteiger partial charge in [0.25, 0.3) is 0 Å². The van der Waals surface area contributed by atoms with Gasteiger partial charge in [0.1, 0.15) is 5.75 Å². The third-order valence-electron chi connectivity index (χ3n) is 4.15. The number of aromatic hydroxyl groups is 1. The molecule has 1 amide bonds. The van der Waals surface area contributed by atoms with Crippen molar-refractivity contribution in [3.8, 4) is 16.9 Å². The maximum atomic E-state index is 10.8. The summed E-state index contributed by atoms with van der Waals surface area (Å²) in [5, 5.41) is 13.5. The Morgan fingerprint density at radius 1 is 0.875 bits per heavy atom. The van der Waals surface area contributed by atoms with Crippen LogP contribution in [0.2, 0.25) is 0 Å². The highest BCUT2D eigenvalue weighted by Crippen LogP contribution is 2.42. The SMILES string of the molecule is CC(C)(C)c1cc(-c2cccc(NC=O)c2)cc(C(C)(C)C)c1O. The van der Waals surface area contributed by atoms with Gasteiger partial charge in [-0.3, -0.25) is 4.79 Å². The number of phenolic OH excluding ortho intramolecular Hbond substituents is 1. The molecule has 3 heteroatoms. The van der Waals surface area contributed by atoms with Gasteiger partial charge in [-0.15, -0.1) is 0 Å². The highest BCUT2D eigenvalue weighted by atomic mass is 16.3. The molecule has 2 aromatic rings. The van der Waals surface area contributed by atoms with Gasteiger partial charge in [-0.25, -0.2) is 0 Å². The van der Waals surface area contributed by atoms with E-state index in [1.54, 1.807) is 0 Å². The molecular formula is C21H27NO2. The standard InChI is InChI=1S/C21H27NO2/c1-20(2,3)17-11-15(12-18(19(17)24)21(4,5)6)14-8-7-9-16(10-14)22-13-23/h7-13,24H,1-6H3,(H,22,23). The number of nitrogens with one attached hydrogen (secondary N) is 1. The van der Waals surface area contributed by atoms with E-state index in [0.29, 0.717) is 12.2 Å². The molecule has 2 N–H and O–H groups in total. The summed E-state index contributed by atoms with van der Waals surface area (Å²) >= 11 is 0. The molecule has 0 saturated heterocycles. The van der Waals surface area contributed by atoms with Crippen LogP contribution in [0, 0.1) is 0 Å². The maximum Gasteiger partial charge on any atom is 0.211 e. The second-order valence-electron chi connectivity index (χ2n) is 8.26. The monoisotopic (exact) mass is 325 g/mol. The Morgan fingerprint density at radius 3 is 1.88 bits per heavy atom. The average Bonchev–Trinajstić information content (AvgIpc) is 2.45. The summed E-state index contributed by atoms with van der Waals surface area (Å²) in [7, 11) is 0. The number of amides is 1. The molecular weight excluding hydrogens is 298 g/mol. The molecule has 0 heterocycles. The predicted molar refractivity (Wildman–Crippen MR) is 101 cm³/mol. The maximum absolute atomic E-state index is 10.8. The Hall–Kier alpha value is -2.29. The summed E-state index contributed by atoms with van der Waals surface area (Å²) in [4.78, 5) is 10.7. The van der Waals surface area contributed by atoms with Crippen LogP contribution in [0.4, 0.5) is 5.69 Å². The fraction of sp³-hybridized carbons (Fsp3) is 0.381. The van der Waals surface area contributed by atoms with E-state index in [2.05, 4.69) is 46.9 Å². The molecule has 0 aromatic heterocycles. The van der Waals surface area contributed by atoms with Crippen molar-refractivity contribution in [1.29, 1.82) is 0 Å². The highest BCUT2D eigenvalue weighted by Gasteiger charge is 2.26. The topological polar surface area (TPSA) is 49.3 Å². The van der Waals surface area contributed by atoms with E-state index in [0.717, 1.165) is 27.9 Å². The van der Waals surface area contributed by atoms with Crippen LogP contribution < -0.4 is 5.32 Å². The smallest absolute Gasteiger partial charge is 0.211 e. The molecule has 0 fully saturated rings. The number of anilines is 1.